The van der Waals surface area contributed by atoms with Gasteiger partial charge in [0, 0.05) is 6.42 Å². The molecule has 0 spiro atoms. The van der Waals surface area contributed by atoms with Crippen LogP contribution < -0.4 is 0 Å². The second-order valence-electron chi connectivity index (χ2n) is 3.81. The molecule has 0 aromatic rings. The Hall–Kier alpha value is -0.0100. The maximum Gasteiger partial charge on any atom is 0.120 e. The summed E-state index contributed by atoms with van der Waals surface area (Å²) < 4.78 is 0.307. The Kier molecular flexibility index (Phi) is 2.84. The van der Waals surface area contributed by atoms with Gasteiger partial charge in [0.1, 0.15) is 10.8 Å². The molecule has 0 radical (unpaired) electrons. The Morgan fingerprint density at radius 3 is 2.50 bits per heavy atom. The fourth-order valence-corrected chi connectivity index (χ4v) is 2.08. The Labute approximate surface area is 82.7 Å². The van der Waals surface area contributed by atoms with Crippen LogP contribution in [-0.4, -0.2) is 6.29 Å². The van der Waals surface area contributed by atoms with E-state index in [1.165, 1.54) is 0 Å². The van der Waals surface area contributed by atoms with Crippen molar-refractivity contribution in [3.05, 3.63) is 10.6 Å². The van der Waals surface area contributed by atoms with E-state index in [2.05, 4.69) is 13.8 Å². The molecular weight excluding hydrogens is 195 g/mol. The summed E-state index contributed by atoms with van der Waals surface area (Å²) in [4.78, 5) is 10.3. The van der Waals surface area contributed by atoms with E-state index < -0.39 is 0 Å². The van der Waals surface area contributed by atoms with Crippen LogP contribution in [0.3, 0.4) is 0 Å². The summed E-state index contributed by atoms with van der Waals surface area (Å²) in [5, 5.41) is 0. The lowest BCUT2D eigenvalue weighted by Crippen LogP contribution is -1.90. The van der Waals surface area contributed by atoms with E-state index in [0.717, 1.165) is 6.29 Å². The van der Waals surface area contributed by atoms with E-state index in [9.17, 15) is 4.79 Å². The van der Waals surface area contributed by atoms with Crippen molar-refractivity contribution in [1.29, 1.82) is 0 Å². The molecule has 0 aromatic carbocycles. The largest absolute Gasteiger partial charge is 0.303 e. The van der Waals surface area contributed by atoms with Crippen molar-refractivity contribution >= 4 is 29.5 Å². The molecule has 0 heterocycles. The quantitative estimate of drug-likeness (QED) is 0.649. The van der Waals surface area contributed by atoms with Crippen molar-refractivity contribution in [3.8, 4) is 0 Å². The van der Waals surface area contributed by atoms with E-state index in [1.807, 2.05) is 6.08 Å². The van der Waals surface area contributed by atoms with Crippen LogP contribution in [0.1, 0.15) is 20.3 Å². The maximum atomic E-state index is 10.3. The Morgan fingerprint density at radius 2 is 2.08 bits per heavy atom. The van der Waals surface area contributed by atoms with Crippen LogP contribution in [0.5, 0.6) is 0 Å². The third-order valence-electron chi connectivity index (χ3n) is 2.79. The number of carbonyl (C=O) groups excluding carboxylic acids is 1. The normalized spacial score (nSPS) is 31.0. The number of carbonyl (C=O) groups is 1. The van der Waals surface area contributed by atoms with Crippen molar-refractivity contribution in [2.75, 3.05) is 0 Å². The fraction of sp³-hybridized carbons (Fsp3) is 0.667. The molecule has 0 saturated heterocycles. The zero-order valence-electron chi connectivity index (χ0n) is 7.18. The first-order valence-electron chi connectivity index (χ1n) is 3.96. The van der Waals surface area contributed by atoms with Crippen LogP contribution >= 0.6 is 23.2 Å². The van der Waals surface area contributed by atoms with Gasteiger partial charge in [0.25, 0.3) is 0 Å². The summed E-state index contributed by atoms with van der Waals surface area (Å²) in [6.45, 7) is 4.25. The average Bonchev–Trinajstić information content (AvgIpc) is 2.39. The molecule has 0 aliphatic heterocycles. The summed E-state index contributed by atoms with van der Waals surface area (Å²) in [5.74, 6) is 0.787. The second-order valence-corrected chi connectivity index (χ2v) is 4.82. The molecule has 0 N–H and O–H groups in total. The van der Waals surface area contributed by atoms with Gasteiger partial charge in [0.15, 0.2) is 0 Å². The minimum atomic E-state index is 0.190. The van der Waals surface area contributed by atoms with E-state index in [-0.39, 0.29) is 5.41 Å². The third kappa shape index (κ3) is 1.83. The highest BCUT2D eigenvalue weighted by atomic mass is 35.5. The van der Waals surface area contributed by atoms with Crippen LogP contribution in [0.15, 0.2) is 10.6 Å². The molecule has 1 fully saturated rings. The summed E-state index contributed by atoms with van der Waals surface area (Å²) in [5.41, 5.74) is 0.190. The van der Waals surface area contributed by atoms with Gasteiger partial charge in [-0.2, -0.15) is 0 Å². The number of halogens is 2. The van der Waals surface area contributed by atoms with Crippen LogP contribution in [-0.2, 0) is 4.79 Å². The lowest BCUT2D eigenvalue weighted by Gasteiger charge is -1.96. The standard InChI is InChI=1S/C9H12Cl2O/c1-9(2)6(3-4-12)7(9)5-8(10)11/h4-7H,3H2,1-2H3. The Morgan fingerprint density at radius 1 is 1.50 bits per heavy atom. The Bertz CT molecular complexity index is 217. The first-order valence-corrected chi connectivity index (χ1v) is 4.72. The molecule has 1 aliphatic rings. The SMILES string of the molecule is CC1(C)C(C=C(Cl)Cl)C1CC=O. The molecule has 0 aromatic heterocycles. The zero-order valence-corrected chi connectivity index (χ0v) is 8.69. The molecule has 2 atom stereocenters. The van der Waals surface area contributed by atoms with Crippen LogP contribution in [0.4, 0.5) is 0 Å². The molecule has 0 bridgehead atoms. The van der Waals surface area contributed by atoms with Gasteiger partial charge in [-0.25, -0.2) is 0 Å². The predicted octanol–water partition coefficient (Wildman–Crippen LogP) is 3.17. The summed E-state index contributed by atoms with van der Waals surface area (Å²) in [7, 11) is 0. The minimum absolute atomic E-state index is 0.190. The van der Waals surface area contributed by atoms with Crippen LogP contribution in [0.25, 0.3) is 0 Å². The number of hydrogen-bond donors (Lipinski definition) is 0. The average molecular weight is 207 g/mol. The maximum absolute atomic E-state index is 10.3. The second kappa shape index (κ2) is 3.39. The summed E-state index contributed by atoms with van der Waals surface area (Å²) in [6.07, 6.45) is 3.40. The molecular formula is C9H12Cl2O. The molecule has 1 nitrogen and oxygen atoms in total. The fourth-order valence-electron chi connectivity index (χ4n) is 1.81. The van der Waals surface area contributed by atoms with Crippen LogP contribution in [0, 0.1) is 17.3 Å². The van der Waals surface area contributed by atoms with Gasteiger partial charge in [-0.3, -0.25) is 0 Å². The van der Waals surface area contributed by atoms with Crippen LogP contribution in [0.2, 0.25) is 0 Å². The van der Waals surface area contributed by atoms with Crippen molar-refractivity contribution in [1.82, 2.24) is 0 Å². The summed E-state index contributed by atoms with van der Waals surface area (Å²) >= 11 is 11.1. The van der Waals surface area contributed by atoms with Crippen molar-refractivity contribution in [2.45, 2.75) is 20.3 Å². The van der Waals surface area contributed by atoms with Crippen molar-refractivity contribution in [3.63, 3.8) is 0 Å². The van der Waals surface area contributed by atoms with Gasteiger partial charge >= 0.3 is 0 Å². The Balaban J connectivity index is 2.60. The lowest BCUT2D eigenvalue weighted by molar-refractivity contribution is -0.108. The summed E-state index contributed by atoms with van der Waals surface area (Å²) in [6, 6.07) is 0. The molecule has 1 saturated carbocycles. The number of allylic oxidation sites excluding steroid dienone is 1. The third-order valence-corrected chi connectivity index (χ3v) is 3.05. The molecule has 1 aliphatic carbocycles. The minimum Gasteiger partial charge on any atom is -0.303 e. The molecule has 3 heteroatoms. The van der Waals surface area contributed by atoms with E-state index in [0.29, 0.717) is 22.7 Å². The van der Waals surface area contributed by atoms with Crippen molar-refractivity contribution < 1.29 is 4.79 Å². The topological polar surface area (TPSA) is 17.1 Å². The molecule has 0 amide bonds. The van der Waals surface area contributed by atoms with Gasteiger partial charge in [-0.1, -0.05) is 43.1 Å². The van der Waals surface area contributed by atoms with Crippen molar-refractivity contribution in [2.24, 2.45) is 17.3 Å². The van der Waals surface area contributed by atoms with E-state index in [4.69, 9.17) is 23.2 Å². The predicted molar refractivity (Wildman–Crippen MR) is 51.2 cm³/mol. The molecule has 12 heavy (non-hydrogen) atoms. The number of aldehydes is 1. The number of hydrogen-bond acceptors (Lipinski definition) is 1. The number of rotatable bonds is 3. The first kappa shape index (κ1) is 10.1. The highest BCUT2D eigenvalue weighted by Gasteiger charge is 2.55. The first-order chi connectivity index (χ1) is 5.50. The van der Waals surface area contributed by atoms with Gasteiger partial charge in [0.2, 0.25) is 0 Å². The molecule has 2 unspecified atom stereocenters. The van der Waals surface area contributed by atoms with Gasteiger partial charge in [-0.05, 0) is 17.3 Å². The lowest BCUT2D eigenvalue weighted by atomic mass is 10.1. The van der Waals surface area contributed by atoms with E-state index in [1.54, 1.807) is 0 Å². The van der Waals surface area contributed by atoms with E-state index >= 15 is 0 Å². The van der Waals surface area contributed by atoms with Gasteiger partial charge in [0.05, 0.1) is 0 Å². The van der Waals surface area contributed by atoms with Gasteiger partial charge in [-0.15, -0.1) is 0 Å². The monoisotopic (exact) mass is 206 g/mol. The van der Waals surface area contributed by atoms with Gasteiger partial charge < -0.3 is 4.79 Å². The molecule has 68 valence electrons. The highest BCUT2D eigenvalue weighted by Crippen LogP contribution is 2.60. The molecule has 1 rings (SSSR count). The highest BCUT2D eigenvalue weighted by molar-refractivity contribution is 6.55. The smallest absolute Gasteiger partial charge is 0.120 e. The zero-order chi connectivity index (χ0) is 9.35.